The summed E-state index contributed by atoms with van der Waals surface area (Å²) in [5.41, 5.74) is 0.297. The Morgan fingerprint density at radius 3 is 2.78 bits per heavy atom. The Balaban J connectivity index is 1.90. The number of halogens is 1. The molecule has 3 aromatic rings. The van der Waals surface area contributed by atoms with Crippen LogP contribution in [0.15, 0.2) is 34.5 Å². The van der Waals surface area contributed by atoms with Gasteiger partial charge in [-0.3, -0.25) is 20.2 Å². The van der Waals surface area contributed by atoms with Gasteiger partial charge in [0.15, 0.2) is 5.13 Å². The molecule has 0 saturated heterocycles. The van der Waals surface area contributed by atoms with Crippen molar-refractivity contribution in [3.05, 3.63) is 49.7 Å². The van der Waals surface area contributed by atoms with Crippen molar-refractivity contribution in [2.45, 2.75) is 4.90 Å². The molecule has 2 heterocycles. The van der Waals surface area contributed by atoms with E-state index in [1.54, 1.807) is 17.7 Å². The Hall–Kier alpha value is -2.14. The molecule has 7 nitrogen and oxygen atoms in total. The third-order valence-corrected chi connectivity index (χ3v) is 6.26. The number of anilines is 1. The van der Waals surface area contributed by atoms with Crippen molar-refractivity contribution in [2.24, 2.45) is 0 Å². The molecule has 2 aromatic heterocycles. The number of aromatic nitrogens is 1. The van der Waals surface area contributed by atoms with E-state index >= 15 is 0 Å². The van der Waals surface area contributed by atoms with Crippen molar-refractivity contribution in [2.75, 3.05) is 18.7 Å². The zero-order valence-corrected chi connectivity index (χ0v) is 17.2. The molecule has 0 aliphatic carbocycles. The molecule has 0 atom stereocenters. The quantitative estimate of drug-likeness (QED) is 0.312. The Morgan fingerprint density at radius 1 is 1.41 bits per heavy atom. The minimum absolute atomic E-state index is 0.0546. The van der Waals surface area contributed by atoms with Crippen LogP contribution in [0.1, 0.15) is 10.4 Å². The van der Waals surface area contributed by atoms with E-state index in [0.29, 0.717) is 25.8 Å². The van der Waals surface area contributed by atoms with Crippen LogP contribution in [0.2, 0.25) is 4.34 Å². The number of methoxy groups -OCH3 is 1. The summed E-state index contributed by atoms with van der Waals surface area (Å²) in [6, 6.07) is 6.31. The number of amides is 1. The average molecular weight is 442 g/mol. The van der Waals surface area contributed by atoms with E-state index in [0.717, 1.165) is 4.88 Å². The summed E-state index contributed by atoms with van der Waals surface area (Å²) in [5.74, 6) is -0.262. The van der Waals surface area contributed by atoms with Crippen LogP contribution >= 0.6 is 46.0 Å². The number of thioether (sulfide) groups is 1. The highest BCUT2D eigenvalue weighted by Crippen LogP contribution is 2.36. The van der Waals surface area contributed by atoms with Gasteiger partial charge in [0.1, 0.15) is 11.3 Å². The number of thiophene rings is 1. The number of nitro groups is 1. The molecule has 1 aromatic carbocycles. The molecule has 0 unspecified atom stereocenters. The number of nitro benzene ring substituents is 1. The van der Waals surface area contributed by atoms with Gasteiger partial charge in [-0.05, 0) is 24.5 Å². The highest BCUT2D eigenvalue weighted by molar-refractivity contribution is 7.98. The van der Waals surface area contributed by atoms with Gasteiger partial charge in [0, 0.05) is 5.38 Å². The van der Waals surface area contributed by atoms with Gasteiger partial charge in [-0.25, -0.2) is 4.98 Å². The number of ether oxygens (including phenoxy) is 1. The number of carbonyl (C=O) groups is 1. The van der Waals surface area contributed by atoms with Crippen LogP contribution < -0.4 is 10.1 Å². The third-order valence-electron chi connectivity index (χ3n) is 3.49. The maximum atomic E-state index is 12.6. The van der Waals surface area contributed by atoms with E-state index in [9.17, 15) is 14.9 Å². The van der Waals surface area contributed by atoms with Crippen LogP contribution in [0, 0.1) is 10.1 Å². The molecular formula is C16H12ClN3O4S3. The molecule has 0 fully saturated rings. The second kappa shape index (κ2) is 8.26. The predicted octanol–water partition coefficient (Wildman–Crippen LogP) is 5.42. The molecule has 0 aliphatic heterocycles. The van der Waals surface area contributed by atoms with Crippen LogP contribution in [-0.2, 0) is 0 Å². The molecule has 0 saturated carbocycles. The van der Waals surface area contributed by atoms with Gasteiger partial charge in [-0.1, -0.05) is 11.6 Å². The lowest BCUT2D eigenvalue weighted by Crippen LogP contribution is -2.14. The Morgan fingerprint density at radius 2 is 2.19 bits per heavy atom. The maximum Gasteiger partial charge on any atom is 0.285 e. The summed E-state index contributed by atoms with van der Waals surface area (Å²) in [6.07, 6.45) is 1.80. The van der Waals surface area contributed by atoms with Crippen molar-refractivity contribution in [3.8, 4) is 16.3 Å². The number of hydrogen-bond donors (Lipinski definition) is 1. The summed E-state index contributed by atoms with van der Waals surface area (Å²) >= 11 is 9.87. The smallest absolute Gasteiger partial charge is 0.285 e. The van der Waals surface area contributed by atoms with Gasteiger partial charge in [0.05, 0.1) is 37.9 Å². The second-order valence-corrected chi connectivity index (χ2v) is 8.50. The SMILES string of the molecule is COc1cc([N+](=O)[O-])c(C(=O)Nc2nc(-c3ccc(Cl)s3)cs2)cc1SC. The van der Waals surface area contributed by atoms with Gasteiger partial charge in [0.2, 0.25) is 0 Å². The van der Waals surface area contributed by atoms with Crippen molar-refractivity contribution in [1.82, 2.24) is 4.98 Å². The van der Waals surface area contributed by atoms with Crippen LogP contribution in [0.5, 0.6) is 5.75 Å². The first kappa shape index (κ1) is 19.6. The van der Waals surface area contributed by atoms with Crippen molar-refractivity contribution < 1.29 is 14.5 Å². The molecule has 3 rings (SSSR count). The van der Waals surface area contributed by atoms with Gasteiger partial charge in [0.25, 0.3) is 11.6 Å². The van der Waals surface area contributed by atoms with Crippen LogP contribution in [0.4, 0.5) is 10.8 Å². The summed E-state index contributed by atoms with van der Waals surface area (Å²) < 4.78 is 5.80. The zero-order valence-electron chi connectivity index (χ0n) is 14.0. The molecule has 27 heavy (non-hydrogen) atoms. The van der Waals surface area contributed by atoms with Gasteiger partial charge < -0.3 is 4.74 Å². The fourth-order valence-electron chi connectivity index (χ4n) is 2.26. The van der Waals surface area contributed by atoms with Crippen molar-refractivity contribution in [1.29, 1.82) is 0 Å². The molecule has 11 heteroatoms. The van der Waals surface area contributed by atoms with E-state index in [1.807, 2.05) is 6.07 Å². The Kier molecular flexibility index (Phi) is 6.00. The molecule has 0 aliphatic rings. The standard InChI is InChI=1S/C16H12ClN3O4S3/c1-24-11-6-10(20(22)23)8(5-13(11)25-2)15(21)19-16-18-9(7-26-16)12-3-4-14(17)27-12/h3-7H,1-2H3,(H,18,19,21). The largest absolute Gasteiger partial charge is 0.495 e. The number of nitrogens with zero attached hydrogens (tertiary/aromatic N) is 2. The highest BCUT2D eigenvalue weighted by atomic mass is 35.5. The Bertz CT molecular complexity index is 1020. The number of rotatable bonds is 6. The number of benzene rings is 1. The lowest BCUT2D eigenvalue weighted by atomic mass is 10.1. The average Bonchev–Trinajstić information content (AvgIpc) is 3.29. The molecule has 140 valence electrons. The van der Waals surface area contributed by atoms with E-state index in [-0.39, 0.29) is 11.3 Å². The monoisotopic (exact) mass is 441 g/mol. The lowest BCUT2D eigenvalue weighted by molar-refractivity contribution is -0.385. The first-order valence-electron chi connectivity index (χ1n) is 7.36. The van der Waals surface area contributed by atoms with Gasteiger partial charge in [-0.2, -0.15) is 0 Å². The normalized spacial score (nSPS) is 10.6. The van der Waals surface area contributed by atoms with E-state index in [4.69, 9.17) is 16.3 Å². The van der Waals surface area contributed by atoms with Gasteiger partial charge in [-0.15, -0.1) is 34.4 Å². The first-order chi connectivity index (χ1) is 12.9. The number of carbonyl (C=O) groups excluding carboxylic acids is 1. The third kappa shape index (κ3) is 4.24. The minimum atomic E-state index is -0.609. The van der Waals surface area contributed by atoms with Crippen LogP contribution in [-0.4, -0.2) is 29.2 Å². The van der Waals surface area contributed by atoms with Gasteiger partial charge >= 0.3 is 0 Å². The molecule has 1 amide bonds. The van der Waals surface area contributed by atoms with E-state index < -0.39 is 10.8 Å². The zero-order chi connectivity index (χ0) is 19.6. The molecule has 0 bridgehead atoms. The topological polar surface area (TPSA) is 94.4 Å². The molecule has 1 N–H and O–H groups in total. The Labute approximate surface area is 171 Å². The second-order valence-electron chi connectivity index (χ2n) is 5.08. The first-order valence-corrected chi connectivity index (χ1v) is 10.7. The van der Waals surface area contributed by atoms with Crippen LogP contribution in [0.25, 0.3) is 10.6 Å². The molecule has 0 spiro atoms. The summed E-state index contributed by atoms with van der Waals surface area (Å²) in [5, 5.41) is 16.1. The number of nitrogens with one attached hydrogen (secondary N) is 1. The van der Waals surface area contributed by atoms with E-state index in [1.165, 1.54) is 53.7 Å². The lowest BCUT2D eigenvalue weighted by Gasteiger charge is -2.09. The summed E-state index contributed by atoms with van der Waals surface area (Å²) in [4.78, 5) is 29.3. The highest BCUT2D eigenvalue weighted by Gasteiger charge is 2.24. The molecule has 0 radical (unpaired) electrons. The van der Waals surface area contributed by atoms with Crippen molar-refractivity contribution >= 4 is 62.8 Å². The fraction of sp³-hybridized carbons (Fsp3) is 0.125. The maximum absolute atomic E-state index is 12.6. The van der Waals surface area contributed by atoms with E-state index in [2.05, 4.69) is 10.3 Å². The predicted molar refractivity (Wildman–Crippen MR) is 110 cm³/mol. The number of hydrogen-bond acceptors (Lipinski definition) is 8. The summed E-state index contributed by atoms with van der Waals surface area (Å²) in [7, 11) is 1.42. The minimum Gasteiger partial charge on any atom is -0.495 e. The number of thiazole rings is 1. The van der Waals surface area contributed by atoms with Crippen molar-refractivity contribution in [3.63, 3.8) is 0 Å². The fourth-order valence-corrected chi connectivity index (χ4v) is 4.63. The van der Waals surface area contributed by atoms with Crippen LogP contribution in [0.3, 0.4) is 0 Å². The molecular weight excluding hydrogens is 430 g/mol. The summed E-state index contributed by atoms with van der Waals surface area (Å²) in [6.45, 7) is 0.